The Hall–Kier alpha value is -0.350. The van der Waals surface area contributed by atoms with Crippen LogP contribution in [0.25, 0.3) is 0 Å². The van der Waals surface area contributed by atoms with Gasteiger partial charge in [0.2, 0.25) is 0 Å². The molecule has 1 saturated carbocycles. The molecule has 13 heavy (non-hydrogen) atoms. The summed E-state index contributed by atoms with van der Waals surface area (Å²) in [6.07, 6.45) is 4.14. The molecule has 0 aromatic rings. The summed E-state index contributed by atoms with van der Waals surface area (Å²) in [6.45, 7) is 1.77. The predicted octanol–water partition coefficient (Wildman–Crippen LogP) is 0.744. The standard InChI is InChI=1S/C9H16N2OS/c1-10-9(13)11-5-6-12-8-4-2-3-7(8)11/h7-8H,2-6H2,1H3,(H,10,13). The monoisotopic (exact) mass is 200 g/mol. The van der Waals surface area contributed by atoms with E-state index in [2.05, 4.69) is 10.2 Å². The van der Waals surface area contributed by atoms with Gasteiger partial charge in [0.1, 0.15) is 0 Å². The van der Waals surface area contributed by atoms with Crippen LogP contribution in [-0.4, -0.2) is 42.4 Å². The number of hydrogen-bond donors (Lipinski definition) is 1. The van der Waals surface area contributed by atoms with Crippen LogP contribution in [0.1, 0.15) is 19.3 Å². The Kier molecular flexibility index (Phi) is 2.69. The molecule has 0 spiro atoms. The third-order valence-corrected chi connectivity index (χ3v) is 3.40. The van der Waals surface area contributed by atoms with Gasteiger partial charge >= 0.3 is 0 Å². The second kappa shape index (κ2) is 3.80. The highest BCUT2D eigenvalue weighted by molar-refractivity contribution is 7.80. The van der Waals surface area contributed by atoms with Crippen molar-refractivity contribution in [1.82, 2.24) is 10.2 Å². The van der Waals surface area contributed by atoms with E-state index in [0.29, 0.717) is 12.1 Å². The van der Waals surface area contributed by atoms with Crippen molar-refractivity contribution in [3.63, 3.8) is 0 Å². The fourth-order valence-electron chi connectivity index (χ4n) is 2.32. The van der Waals surface area contributed by atoms with E-state index in [1.807, 2.05) is 7.05 Å². The quantitative estimate of drug-likeness (QED) is 0.583. The summed E-state index contributed by atoms with van der Waals surface area (Å²) in [5.74, 6) is 0. The summed E-state index contributed by atoms with van der Waals surface area (Å²) in [5, 5.41) is 3.92. The van der Waals surface area contributed by atoms with Gasteiger partial charge in [0, 0.05) is 13.6 Å². The highest BCUT2D eigenvalue weighted by Gasteiger charge is 2.36. The smallest absolute Gasteiger partial charge is 0.169 e. The van der Waals surface area contributed by atoms with Gasteiger partial charge < -0.3 is 15.0 Å². The fourth-order valence-corrected chi connectivity index (χ4v) is 2.55. The second-order valence-corrected chi connectivity index (χ2v) is 4.04. The summed E-state index contributed by atoms with van der Waals surface area (Å²) in [7, 11) is 1.89. The first-order valence-corrected chi connectivity index (χ1v) is 5.33. The number of nitrogens with zero attached hydrogens (tertiary/aromatic N) is 1. The van der Waals surface area contributed by atoms with Crippen molar-refractivity contribution < 1.29 is 4.74 Å². The molecule has 4 heteroatoms. The molecule has 74 valence electrons. The van der Waals surface area contributed by atoms with E-state index >= 15 is 0 Å². The number of morpholine rings is 1. The van der Waals surface area contributed by atoms with Gasteiger partial charge in [0.25, 0.3) is 0 Å². The van der Waals surface area contributed by atoms with E-state index in [1.54, 1.807) is 0 Å². The first-order valence-electron chi connectivity index (χ1n) is 4.93. The van der Waals surface area contributed by atoms with E-state index in [9.17, 15) is 0 Å². The van der Waals surface area contributed by atoms with Crippen LogP contribution in [0.2, 0.25) is 0 Å². The zero-order chi connectivity index (χ0) is 9.26. The molecule has 0 amide bonds. The average Bonchev–Trinajstić information content (AvgIpc) is 2.63. The van der Waals surface area contributed by atoms with Gasteiger partial charge in [0.15, 0.2) is 5.11 Å². The molecule has 1 aliphatic carbocycles. The van der Waals surface area contributed by atoms with Crippen molar-refractivity contribution in [2.24, 2.45) is 0 Å². The molecule has 0 radical (unpaired) electrons. The molecule has 2 unspecified atom stereocenters. The molecule has 2 fully saturated rings. The largest absolute Gasteiger partial charge is 0.374 e. The normalized spacial score (nSPS) is 32.8. The van der Waals surface area contributed by atoms with Crippen molar-refractivity contribution in [3.8, 4) is 0 Å². The molecule has 0 aromatic carbocycles. The van der Waals surface area contributed by atoms with Crippen LogP contribution in [0.5, 0.6) is 0 Å². The molecular weight excluding hydrogens is 184 g/mol. The highest BCUT2D eigenvalue weighted by Crippen LogP contribution is 2.29. The molecule has 1 aliphatic heterocycles. The molecule has 3 nitrogen and oxygen atoms in total. The highest BCUT2D eigenvalue weighted by atomic mass is 32.1. The van der Waals surface area contributed by atoms with Gasteiger partial charge in [-0.2, -0.15) is 0 Å². The molecule has 0 aromatic heterocycles. The van der Waals surface area contributed by atoms with Crippen LogP contribution >= 0.6 is 12.2 Å². The summed E-state index contributed by atoms with van der Waals surface area (Å²) in [6, 6.07) is 0.536. The first kappa shape index (κ1) is 9.21. The van der Waals surface area contributed by atoms with E-state index < -0.39 is 0 Å². The molecule has 1 saturated heterocycles. The number of ether oxygens (including phenoxy) is 1. The van der Waals surface area contributed by atoms with Gasteiger partial charge in [-0.1, -0.05) is 0 Å². The molecule has 2 aliphatic rings. The van der Waals surface area contributed by atoms with Crippen molar-refractivity contribution >= 4 is 17.3 Å². The molecule has 0 bridgehead atoms. The van der Waals surface area contributed by atoms with Crippen LogP contribution in [0, 0.1) is 0 Å². The Morgan fingerprint density at radius 1 is 1.54 bits per heavy atom. The minimum Gasteiger partial charge on any atom is -0.374 e. The lowest BCUT2D eigenvalue weighted by Crippen LogP contribution is -2.53. The Morgan fingerprint density at radius 2 is 2.38 bits per heavy atom. The summed E-state index contributed by atoms with van der Waals surface area (Å²) in [4.78, 5) is 2.29. The average molecular weight is 200 g/mol. The molecular formula is C9H16N2OS. The van der Waals surface area contributed by atoms with E-state index in [1.165, 1.54) is 19.3 Å². The fraction of sp³-hybridized carbons (Fsp3) is 0.889. The van der Waals surface area contributed by atoms with Gasteiger partial charge in [0.05, 0.1) is 18.8 Å². The first-order chi connectivity index (χ1) is 6.33. The van der Waals surface area contributed by atoms with Gasteiger partial charge in [-0.15, -0.1) is 0 Å². The molecule has 2 atom stereocenters. The lowest BCUT2D eigenvalue weighted by molar-refractivity contribution is -0.0294. The van der Waals surface area contributed by atoms with Gasteiger partial charge in [-0.3, -0.25) is 0 Å². The van der Waals surface area contributed by atoms with E-state index in [4.69, 9.17) is 17.0 Å². The van der Waals surface area contributed by atoms with E-state index in [-0.39, 0.29) is 0 Å². The van der Waals surface area contributed by atoms with Crippen molar-refractivity contribution in [2.75, 3.05) is 20.2 Å². The third-order valence-electron chi connectivity index (χ3n) is 2.96. The van der Waals surface area contributed by atoms with Crippen LogP contribution in [-0.2, 0) is 4.74 Å². The van der Waals surface area contributed by atoms with Crippen LogP contribution in [0.4, 0.5) is 0 Å². The van der Waals surface area contributed by atoms with E-state index in [0.717, 1.165) is 18.3 Å². The maximum atomic E-state index is 5.70. The maximum Gasteiger partial charge on any atom is 0.169 e. The van der Waals surface area contributed by atoms with Crippen LogP contribution in [0.3, 0.4) is 0 Å². The third kappa shape index (κ3) is 1.65. The number of nitrogens with one attached hydrogen (secondary N) is 1. The predicted molar refractivity (Wildman–Crippen MR) is 55.7 cm³/mol. The topological polar surface area (TPSA) is 24.5 Å². The number of rotatable bonds is 0. The lowest BCUT2D eigenvalue weighted by Gasteiger charge is -2.38. The maximum absolute atomic E-state index is 5.70. The Bertz CT molecular complexity index is 210. The van der Waals surface area contributed by atoms with Crippen LogP contribution < -0.4 is 5.32 Å². The molecule has 1 heterocycles. The Morgan fingerprint density at radius 3 is 3.15 bits per heavy atom. The zero-order valence-electron chi connectivity index (χ0n) is 7.95. The minimum atomic E-state index is 0.431. The van der Waals surface area contributed by atoms with Crippen molar-refractivity contribution in [3.05, 3.63) is 0 Å². The zero-order valence-corrected chi connectivity index (χ0v) is 8.77. The Labute approximate surface area is 84.4 Å². The number of fused-ring (bicyclic) bond motifs is 1. The Balaban J connectivity index is 2.05. The van der Waals surface area contributed by atoms with Gasteiger partial charge in [-0.05, 0) is 31.5 Å². The second-order valence-electron chi connectivity index (χ2n) is 3.66. The summed E-state index contributed by atoms with van der Waals surface area (Å²) < 4.78 is 5.70. The minimum absolute atomic E-state index is 0.431. The van der Waals surface area contributed by atoms with Crippen molar-refractivity contribution in [2.45, 2.75) is 31.4 Å². The van der Waals surface area contributed by atoms with Crippen molar-refractivity contribution in [1.29, 1.82) is 0 Å². The van der Waals surface area contributed by atoms with Crippen LogP contribution in [0.15, 0.2) is 0 Å². The summed E-state index contributed by atoms with van der Waals surface area (Å²) in [5.41, 5.74) is 0. The van der Waals surface area contributed by atoms with Gasteiger partial charge in [-0.25, -0.2) is 0 Å². The summed E-state index contributed by atoms with van der Waals surface area (Å²) >= 11 is 5.26. The lowest BCUT2D eigenvalue weighted by atomic mass is 10.1. The number of thiocarbonyl (C=S) groups is 1. The number of hydrogen-bond acceptors (Lipinski definition) is 2. The molecule has 1 N–H and O–H groups in total. The molecule has 2 rings (SSSR count). The SMILES string of the molecule is CNC(=S)N1CCOC2CCCC21.